The highest BCUT2D eigenvalue weighted by molar-refractivity contribution is 7.99. The van der Waals surface area contributed by atoms with Gasteiger partial charge in [0.2, 0.25) is 0 Å². The zero-order valence-corrected chi connectivity index (χ0v) is 10.4. The van der Waals surface area contributed by atoms with E-state index in [4.69, 9.17) is 9.84 Å². The predicted octanol–water partition coefficient (Wildman–Crippen LogP) is 1.65. The Labute approximate surface area is 104 Å². The van der Waals surface area contributed by atoms with Crippen molar-refractivity contribution in [3.8, 4) is 0 Å². The van der Waals surface area contributed by atoms with Gasteiger partial charge >= 0.3 is 5.97 Å². The first-order chi connectivity index (χ1) is 8.22. The molecular weight excluding hydrogens is 238 g/mol. The highest BCUT2D eigenvalue weighted by Gasteiger charge is 2.27. The van der Waals surface area contributed by atoms with E-state index >= 15 is 0 Å². The quantitative estimate of drug-likeness (QED) is 0.617. The van der Waals surface area contributed by atoms with Crippen molar-refractivity contribution < 1.29 is 14.6 Å². The van der Waals surface area contributed by atoms with E-state index < -0.39 is 12.0 Å². The number of hydrogen-bond acceptors (Lipinski definition) is 4. The minimum atomic E-state index is -0.816. The Morgan fingerprint density at radius 1 is 1.65 bits per heavy atom. The number of hydrogen-bond donors (Lipinski definition) is 2. The molecule has 0 fully saturated rings. The Bertz CT molecular complexity index is 422. The SMILES string of the molecule is COCCSc1ccc2c(c1)CNC2C(=O)O. The molecule has 2 rings (SSSR count). The number of carboxylic acid groups (broad SMARTS) is 1. The summed E-state index contributed by atoms with van der Waals surface area (Å²) in [7, 11) is 1.69. The normalized spacial score (nSPS) is 18.1. The topological polar surface area (TPSA) is 58.6 Å². The third kappa shape index (κ3) is 2.80. The fourth-order valence-corrected chi connectivity index (χ4v) is 2.77. The van der Waals surface area contributed by atoms with Crippen LogP contribution in [0, 0.1) is 0 Å². The Morgan fingerprint density at radius 2 is 2.47 bits per heavy atom. The van der Waals surface area contributed by atoms with Gasteiger partial charge in [-0.25, -0.2) is 0 Å². The van der Waals surface area contributed by atoms with Crippen LogP contribution >= 0.6 is 11.8 Å². The molecule has 1 aliphatic rings. The molecule has 0 radical (unpaired) electrons. The number of thioether (sulfide) groups is 1. The van der Waals surface area contributed by atoms with E-state index in [0.29, 0.717) is 6.54 Å². The first-order valence-electron chi connectivity index (χ1n) is 5.43. The van der Waals surface area contributed by atoms with E-state index in [2.05, 4.69) is 11.4 Å². The summed E-state index contributed by atoms with van der Waals surface area (Å²) in [5.74, 6) is 0.0916. The average molecular weight is 253 g/mol. The lowest BCUT2D eigenvalue weighted by atomic mass is 10.1. The molecule has 0 bridgehead atoms. The van der Waals surface area contributed by atoms with Crippen LogP contribution in [0.15, 0.2) is 23.1 Å². The number of ether oxygens (including phenoxy) is 1. The molecule has 0 saturated carbocycles. The monoisotopic (exact) mass is 253 g/mol. The lowest BCUT2D eigenvalue weighted by Gasteiger charge is -2.07. The van der Waals surface area contributed by atoms with E-state index in [-0.39, 0.29) is 0 Å². The molecule has 92 valence electrons. The largest absolute Gasteiger partial charge is 0.480 e. The van der Waals surface area contributed by atoms with Gasteiger partial charge in [-0.3, -0.25) is 10.1 Å². The maximum Gasteiger partial charge on any atom is 0.325 e. The van der Waals surface area contributed by atoms with Crippen LogP contribution in [-0.2, 0) is 16.1 Å². The smallest absolute Gasteiger partial charge is 0.325 e. The number of carboxylic acids is 1. The van der Waals surface area contributed by atoms with Crippen LogP contribution in [0.1, 0.15) is 17.2 Å². The van der Waals surface area contributed by atoms with Gasteiger partial charge in [0.1, 0.15) is 6.04 Å². The summed E-state index contributed by atoms with van der Waals surface area (Å²) in [5, 5.41) is 12.0. The summed E-state index contributed by atoms with van der Waals surface area (Å²) in [4.78, 5) is 12.1. The van der Waals surface area contributed by atoms with Crippen LogP contribution in [0.4, 0.5) is 0 Å². The van der Waals surface area contributed by atoms with Gasteiger partial charge in [0.15, 0.2) is 0 Å². The van der Waals surface area contributed by atoms with Gasteiger partial charge in [-0.05, 0) is 23.3 Å². The van der Waals surface area contributed by atoms with Crippen molar-refractivity contribution in [3.05, 3.63) is 29.3 Å². The molecule has 1 aliphatic heterocycles. The van der Waals surface area contributed by atoms with Gasteiger partial charge in [-0.1, -0.05) is 6.07 Å². The predicted molar refractivity (Wildman–Crippen MR) is 66.3 cm³/mol. The van der Waals surface area contributed by atoms with Gasteiger partial charge in [0, 0.05) is 24.3 Å². The van der Waals surface area contributed by atoms with Gasteiger partial charge in [0.05, 0.1) is 6.61 Å². The van der Waals surface area contributed by atoms with Gasteiger partial charge in [0.25, 0.3) is 0 Å². The molecule has 0 spiro atoms. The minimum absolute atomic E-state index is 0.553. The van der Waals surface area contributed by atoms with Crippen molar-refractivity contribution in [2.24, 2.45) is 0 Å². The Kier molecular flexibility index (Phi) is 4.04. The first kappa shape index (κ1) is 12.4. The lowest BCUT2D eigenvalue weighted by Crippen LogP contribution is -2.21. The fraction of sp³-hybridized carbons (Fsp3) is 0.417. The molecule has 1 aromatic rings. The van der Waals surface area contributed by atoms with Crippen molar-refractivity contribution >= 4 is 17.7 Å². The minimum Gasteiger partial charge on any atom is -0.480 e. The Morgan fingerprint density at radius 3 is 3.18 bits per heavy atom. The molecule has 17 heavy (non-hydrogen) atoms. The molecule has 5 heteroatoms. The number of benzene rings is 1. The molecule has 1 atom stereocenters. The third-order valence-corrected chi connectivity index (χ3v) is 3.68. The van der Waals surface area contributed by atoms with E-state index in [1.165, 1.54) is 0 Å². The van der Waals surface area contributed by atoms with E-state index in [1.54, 1.807) is 18.9 Å². The maximum atomic E-state index is 11.0. The highest BCUT2D eigenvalue weighted by atomic mass is 32.2. The Balaban J connectivity index is 2.08. The molecule has 0 saturated heterocycles. The van der Waals surface area contributed by atoms with Gasteiger partial charge < -0.3 is 9.84 Å². The van der Waals surface area contributed by atoms with Crippen molar-refractivity contribution in [2.75, 3.05) is 19.5 Å². The van der Waals surface area contributed by atoms with Crippen LogP contribution in [0.3, 0.4) is 0 Å². The fourth-order valence-electron chi connectivity index (χ4n) is 1.89. The van der Waals surface area contributed by atoms with Crippen molar-refractivity contribution in [2.45, 2.75) is 17.5 Å². The van der Waals surface area contributed by atoms with Crippen LogP contribution in [0.2, 0.25) is 0 Å². The number of aliphatic carboxylic acids is 1. The second-order valence-electron chi connectivity index (χ2n) is 3.85. The molecule has 2 N–H and O–H groups in total. The summed E-state index contributed by atoms with van der Waals surface area (Å²) >= 11 is 1.72. The highest BCUT2D eigenvalue weighted by Crippen LogP contribution is 2.29. The van der Waals surface area contributed by atoms with Crippen molar-refractivity contribution in [1.82, 2.24) is 5.32 Å². The molecule has 0 amide bonds. The molecular formula is C12H15NO3S. The summed E-state index contributed by atoms with van der Waals surface area (Å²) in [5.41, 5.74) is 1.97. The second kappa shape index (κ2) is 5.53. The lowest BCUT2D eigenvalue weighted by molar-refractivity contribution is -0.139. The van der Waals surface area contributed by atoms with E-state index in [9.17, 15) is 4.79 Å². The number of carbonyl (C=O) groups is 1. The van der Waals surface area contributed by atoms with Crippen LogP contribution in [-0.4, -0.2) is 30.5 Å². The van der Waals surface area contributed by atoms with Gasteiger partial charge in [-0.2, -0.15) is 0 Å². The molecule has 4 nitrogen and oxygen atoms in total. The standard InChI is InChI=1S/C12H15NO3S/c1-16-4-5-17-9-2-3-10-8(6-9)7-13-11(10)12(14)15/h2-3,6,11,13H,4-5,7H2,1H3,(H,14,15). The van der Waals surface area contributed by atoms with E-state index in [0.717, 1.165) is 28.4 Å². The number of fused-ring (bicyclic) bond motifs is 1. The van der Waals surface area contributed by atoms with Crippen LogP contribution in [0.5, 0.6) is 0 Å². The summed E-state index contributed by atoms with van der Waals surface area (Å²) in [6.07, 6.45) is 0. The molecule has 1 aromatic carbocycles. The van der Waals surface area contributed by atoms with E-state index in [1.807, 2.05) is 12.1 Å². The molecule has 1 heterocycles. The zero-order valence-electron chi connectivity index (χ0n) is 9.60. The van der Waals surface area contributed by atoms with Crippen LogP contribution in [0.25, 0.3) is 0 Å². The first-order valence-corrected chi connectivity index (χ1v) is 6.41. The number of rotatable bonds is 5. The zero-order chi connectivity index (χ0) is 12.3. The summed E-state index contributed by atoms with van der Waals surface area (Å²) in [6.45, 7) is 1.35. The van der Waals surface area contributed by atoms with Crippen molar-refractivity contribution in [1.29, 1.82) is 0 Å². The molecule has 1 unspecified atom stereocenters. The Hall–Kier alpha value is -1.04. The third-order valence-electron chi connectivity index (χ3n) is 2.73. The summed E-state index contributed by atoms with van der Waals surface area (Å²) in [6, 6.07) is 5.39. The molecule has 0 aromatic heterocycles. The second-order valence-corrected chi connectivity index (χ2v) is 5.02. The van der Waals surface area contributed by atoms with Gasteiger partial charge in [-0.15, -0.1) is 11.8 Å². The summed E-state index contributed by atoms with van der Waals surface area (Å²) < 4.78 is 4.99. The maximum absolute atomic E-state index is 11.0. The van der Waals surface area contributed by atoms with Crippen LogP contribution < -0.4 is 5.32 Å². The molecule has 0 aliphatic carbocycles. The number of methoxy groups -OCH3 is 1. The number of nitrogens with one attached hydrogen (secondary N) is 1. The van der Waals surface area contributed by atoms with Crippen molar-refractivity contribution in [3.63, 3.8) is 0 Å². The average Bonchev–Trinajstić information content (AvgIpc) is 2.72.